The molecule has 1 aliphatic carbocycles. The van der Waals surface area contributed by atoms with Crippen LogP contribution >= 0.6 is 0 Å². The quantitative estimate of drug-likeness (QED) is 0.865. The van der Waals surface area contributed by atoms with E-state index in [1.807, 2.05) is 0 Å². The van der Waals surface area contributed by atoms with Gasteiger partial charge in [0, 0.05) is 19.7 Å². The molecule has 4 nitrogen and oxygen atoms in total. The molecule has 1 aromatic heterocycles. The Morgan fingerprint density at radius 1 is 1.19 bits per heavy atom. The highest BCUT2D eigenvalue weighted by atomic mass is 19.4. The number of alkyl halides is 3. The lowest BCUT2D eigenvalue weighted by molar-refractivity contribution is -0.144. The van der Waals surface area contributed by atoms with Gasteiger partial charge in [-0.25, -0.2) is 9.97 Å². The minimum Gasteiger partial charge on any atom is -0.373 e. The second kappa shape index (κ2) is 6.07. The molecule has 2 rings (SSSR count). The first-order chi connectivity index (χ1) is 9.88. The van der Waals surface area contributed by atoms with Gasteiger partial charge in [0.1, 0.15) is 11.6 Å². The minimum absolute atomic E-state index is 0.164. The number of rotatable bonds is 5. The molecule has 0 atom stereocenters. The van der Waals surface area contributed by atoms with E-state index in [1.165, 1.54) is 26.0 Å². The Labute approximate surface area is 122 Å². The lowest BCUT2D eigenvalue weighted by atomic mass is 9.83. The van der Waals surface area contributed by atoms with Gasteiger partial charge in [-0.15, -0.1) is 0 Å². The smallest absolute Gasteiger partial charge is 0.373 e. The number of hydrogen-bond donors (Lipinski definition) is 2. The van der Waals surface area contributed by atoms with Crippen molar-refractivity contribution in [1.29, 1.82) is 0 Å². The summed E-state index contributed by atoms with van der Waals surface area (Å²) >= 11 is 0. The van der Waals surface area contributed by atoms with Gasteiger partial charge in [0.15, 0.2) is 0 Å². The first-order valence-corrected chi connectivity index (χ1v) is 7.26. The van der Waals surface area contributed by atoms with Crippen LogP contribution in [0.4, 0.5) is 24.8 Å². The molecule has 21 heavy (non-hydrogen) atoms. The van der Waals surface area contributed by atoms with Crippen molar-refractivity contribution >= 4 is 11.6 Å². The summed E-state index contributed by atoms with van der Waals surface area (Å²) in [6, 6.07) is 1.51. The van der Waals surface area contributed by atoms with Crippen LogP contribution in [0, 0.1) is 5.41 Å². The Bertz CT molecular complexity index is 482. The second-order valence-corrected chi connectivity index (χ2v) is 5.62. The number of halogens is 3. The SMILES string of the molecule is CCC1(CNc2cc(NC)nc(C(F)(F)F)n2)CCCC1. The third kappa shape index (κ3) is 3.77. The molecule has 0 bridgehead atoms. The fourth-order valence-corrected chi connectivity index (χ4v) is 2.85. The summed E-state index contributed by atoms with van der Waals surface area (Å²) < 4.78 is 38.4. The summed E-state index contributed by atoms with van der Waals surface area (Å²) in [5, 5.41) is 5.71. The summed E-state index contributed by atoms with van der Waals surface area (Å²) in [5.74, 6) is -0.730. The summed E-state index contributed by atoms with van der Waals surface area (Å²) in [6.07, 6.45) is 1.10. The molecule has 0 radical (unpaired) electrons. The molecule has 1 aromatic rings. The molecule has 0 amide bonds. The monoisotopic (exact) mass is 302 g/mol. The maximum absolute atomic E-state index is 12.8. The van der Waals surface area contributed by atoms with E-state index in [0.717, 1.165) is 19.3 Å². The lowest BCUT2D eigenvalue weighted by Gasteiger charge is -2.28. The van der Waals surface area contributed by atoms with Crippen molar-refractivity contribution in [2.24, 2.45) is 5.41 Å². The zero-order chi connectivity index (χ0) is 15.5. The first kappa shape index (κ1) is 15.9. The van der Waals surface area contributed by atoms with Crippen molar-refractivity contribution < 1.29 is 13.2 Å². The maximum Gasteiger partial charge on any atom is 0.451 e. The van der Waals surface area contributed by atoms with E-state index in [1.54, 1.807) is 0 Å². The van der Waals surface area contributed by atoms with Crippen LogP contribution in [0.5, 0.6) is 0 Å². The van der Waals surface area contributed by atoms with Crippen LogP contribution in [0.1, 0.15) is 44.9 Å². The molecule has 2 N–H and O–H groups in total. The van der Waals surface area contributed by atoms with Crippen molar-refractivity contribution in [1.82, 2.24) is 9.97 Å². The van der Waals surface area contributed by atoms with Gasteiger partial charge in [0.25, 0.3) is 0 Å². The number of nitrogens with zero attached hydrogens (tertiary/aromatic N) is 2. The number of anilines is 2. The van der Waals surface area contributed by atoms with Gasteiger partial charge in [0.2, 0.25) is 5.82 Å². The van der Waals surface area contributed by atoms with Gasteiger partial charge in [-0.3, -0.25) is 0 Å². The molecule has 1 aliphatic rings. The Morgan fingerprint density at radius 2 is 1.81 bits per heavy atom. The molecule has 0 saturated heterocycles. The third-order valence-electron chi connectivity index (χ3n) is 4.29. The summed E-state index contributed by atoms with van der Waals surface area (Å²) in [6.45, 7) is 2.79. The topological polar surface area (TPSA) is 49.8 Å². The zero-order valence-electron chi connectivity index (χ0n) is 12.3. The van der Waals surface area contributed by atoms with Crippen LogP contribution in [0.3, 0.4) is 0 Å². The van der Waals surface area contributed by atoms with Crippen LogP contribution in [0.25, 0.3) is 0 Å². The molecule has 1 saturated carbocycles. The normalized spacial score (nSPS) is 17.8. The molecule has 1 fully saturated rings. The molecule has 0 aliphatic heterocycles. The Hall–Kier alpha value is -1.53. The van der Waals surface area contributed by atoms with Gasteiger partial charge >= 0.3 is 6.18 Å². The Kier molecular flexibility index (Phi) is 4.58. The van der Waals surface area contributed by atoms with E-state index in [0.29, 0.717) is 6.54 Å². The molecule has 118 valence electrons. The zero-order valence-corrected chi connectivity index (χ0v) is 12.3. The predicted octanol–water partition coefficient (Wildman–Crippen LogP) is 3.92. The highest BCUT2D eigenvalue weighted by molar-refractivity contribution is 5.47. The van der Waals surface area contributed by atoms with Crippen LogP contribution in [-0.2, 0) is 6.18 Å². The third-order valence-corrected chi connectivity index (χ3v) is 4.29. The number of aromatic nitrogens is 2. The Balaban J connectivity index is 2.15. The molecule has 0 aromatic carbocycles. The molecular formula is C14H21F3N4. The van der Waals surface area contributed by atoms with Crippen molar-refractivity contribution in [3.63, 3.8) is 0 Å². The predicted molar refractivity (Wildman–Crippen MR) is 76.3 cm³/mol. The fraction of sp³-hybridized carbons (Fsp3) is 0.714. The average molecular weight is 302 g/mol. The van der Waals surface area contributed by atoms with E-state index in [4.69, 9.17) is 0 Å². The van der Waals surface area contributed by atoms with Crippen LogP contribution < -0.4 is 10.6 Å². The van der Waals surface area contributed by atoms with Gasteiger partial charge in [-0.2, -0.15) is 13.2 Å². The van der Waals surface area contributed by atoms with Gasteiger partial charge in [0.05, 0.1) is 0 Å². The van der Waals surface area contributed by atoms with E-state index < -0.39 is 12.0 Å². The van der Waals surface area contributed by atoms with Crippen molar-refractivity contribution in [2.45, 2.75) is 45.2 Å². The second-order valence-electron chi connectivity index (χ2n) is 5.62. The van der Waals surface area contributed by atoms with E-state index in [2.05, 4.69) is 27.5 Å². The average Bonchev–Trinajstić information content (AvgIpc) is 2.93. The molecule has 0 spiro atoms. The highest BCUT2D eigenvalue weighted by Gasteiger charge is 2.36. The van der Waals surface area contributed by atoms with Gasteiger partial charge in [-0.1, -0.05) is 19.8 Å². The maximum atomic E-state index is 12.8. The van der Waals surface area contributed by atoms with Crippen molar-refractivity contribution in [3.05, 3.63) is 11.9 Å². The van der Waals surface area contributed by atoms with E-state index in [9.17, 15) is 13.2 Å². The lowest BCUT2D eigenvalue weighted by Crippen LogP contribution is -2.26. The first-order valence-electron chi connectivity index (χ1n) is 7.26. The fourth-order valence-electron chi connectivity index (χ4n) is 2.85. The van der Waals surface area contributed by atoms with E-state index >= 15 is 0 Å². The molecule has 0 unspecified atom stereocenters. The van der Waals surface area contributed by atoms with Gasteiger partial charge < -0.3 is 10.6 Å². The number of hydrogen-bond acceptors (Lipinski definition) is 4. The Morgan fingerprint density at radius 3 is 2.33 bits per heavy atom. The summed E-state index contributed by atoms with van der Waals surface area (Å²) in [5.41, 5.74) is 0.184. The van der Waals surface area contributed by atoms with Gasteiger partial charge in [-0.05, 0) is 24.7 Å². The van der Waals surface area contributed by atoms with Crippen LogP contribution in [0.2, 0.25) is 0 Å². The molecular weight excluding hydrogens is 281 g/mol. The molecule has 7 heteroatoms. The largest absolute Gasteiger partial charge is 0.451 e. The summed E-state index contributed by atoms with van der Waals surface area (Å²) in [4.78, 5) is 7.04. The number of nitrogens with one attached hydrogen (secondary N) is 2. The van der Waals surface area contributed by atoms with Crippen molar-refractivity contribution in [3.8, 4) is 0 Å². The van der Waals surface area contributed by atoms with Crippen LogP contribution in [0.15, 0.2) is 6.07 Å². The van der Waals surface area contributed by atoms with E-state index in [-0.39, 0.29) is 17.1 Å². The molecule has 1 heterocycles. The van der Waals surface area contributed by atoms with Crippen LogP contribution in [-0.4, -0.2) is 23.6 Å². The minimum atomic E-state index is -4.54. The standard InChI is InChI=1S/C14H21F3N4/c1-3-13(6-4-5-7-13)9-19-11-8-10(18-2)20-12(21-11)14(15,16)17/h8H,3-7,9H2,1-2H3,(H2,18,19,20,21). The highest BCUT2D eigenvalue weighted by Crippen LogP contribution is 2.41. The summed E-state index contributed by atoms with van der Waals surface area (Å²) in [7, 11) is 1.54. The van der Waals surface area contributed by atoms with Crippen molar-refractivity contribution in [2.75, 3.05) is 24.2 Å².